The highest BCUT2D eigenvalue weighted by Gasteiger charge is 2.10. The molecule has 0 aliphatic rings. The molecule has 0 radical (unpaired) electrons. The molecule has 6 nitrogen and oxygen atoms in total. The standard InChI is InChI=1S/C17H19N3O3/c1-13-15(12-22-19-13)10-16-18-17(23-20-16)8-5-9-21-11-14-6-3-2-4-7-14/h2-4,6-7,12H,5,8-11H2,1H3. The third kappa shape index (κ3) is 4.50. The SMILES string of the molecule is Cc1nocc1Cc1noc(CCCOCc2ccccc2)n1. The third-order valence-corrected chi connectivity index (χ3v) is 3.50. The Hall–Kier alpha value is -2.47. The predicted molar refractivity (Wildman–Crippen MR) is 82.8 cm³/mol. The van der Waals surface area contributed by atoms with Crippen molar-refractivity contribution in [3.8, 4) is 0 Å². The molecule has 23 heavy (non-hydrogen) atoms. The van der Waals surface area contributed by atoms with Crippen molar-refractivity contribution < 1.29 is 13.8 Å². The van der Waals surface area contributed by atoms with Crippen LogP contribution in [0.4, 0.5) is 0 Å². The van der Waals surface area contributed by atoms with Crippen molar-refractivity contribution in [2.75, 3.05) is 6.61 Å². The van der Waals surface area contributed by atoms with Gasteiger partial charge in [-0.15, -0.1) is 0 Å². The maximum atomic E-state index is 5.64. The van der Waals surface area contributed by atoms with Gasteiger partial charge in [-0.25, -0.2) is 0 Å². The van der Waals surface area contributed by atoms with Gasteiger partial charge in [-0.1, -0.05) is 40.6 Å². The first-order valence-corrected chi connectivity index (χ1v) is 7.64. The van der Waals surface area contributed by atoms with Gasteiger partial charge in [0.1, 0.15) is 6.26 Å². The first kappa shape index (κ1) is 15.4. The van der Waals surface area contributed by atoms with E-state index in [4.69, 9.17) is 13.8 Å². The van der Waals surface area contributed by atoms with Crippen LogP contribution >= 0.6 is 0 Å². The molecule has 0 saturated heterocycles. The topological polar surface area (TPSA) is 74.2 Å². The van der Waals surface area contributed by atoms with Crippen LogP contribution in [0, 0.1) is 6.92 Å². The first-order chi connectivity index (χ1) is 11.3. The Morgan fingerprint density at radius 2 is 2.00 bits per heavy atom. The highest BCUT2D eigenvalue weighted by molar-refractivity contribution is 5.17. The molecule has 0 unspecified atom stereocenters. The highest BCUT2D eigenvalue weighted by Crippen LogP contribution is 2.11. The summed E-state index contributed by atoms with van der Waals surface area (Å²) in [5.74, 6) is 1.29. The van der Waals surface area contributed by atoms with Gasteiger partial charge in [-0.05, 0) is 18.9 Å². The summed E-state index contributed by atoms with van der Waals surface area (Å²) in [6.07, 6.45) is 3.75. The number of hydrogen-bond donors (Lipinski definition) is 0. The van der Waals surface area contributed by atoms with E-state index in [9.17, 15) is 0 Å². The molecule has 0 aliphatic carbocycles. The molecule has 0 bridgehead atoms. The minimum absolute atomic E-state index is 0.573. The van der Waals surface area contributed by atoms with Crippen LogP contribution in [0.3, 0.4) is 0 Å². The summed E-state index contributed by atoms with van der Waals surface area (Å²) >= 11 is 0. The van der Waals surface area contributed by atoms with Crippen LogP contribution in [0.25, 0.3) is 0 Å². The Kier molecular flexibility index (Phi) is 5.16. The second kappa shape index (κ2) is 7.69. The summed E-state index contributed by atoms with van der Waals surface area (Å²) < 4.78 is 15.8. The van der Waals surface area contributed by atoms with Crippen molar-refractivity contribution in [3.05, 3.63) is 65.1 Å². The van der Waals surface area contributed by atoms with Crippen molar-refractivity contribution in [1.82, 2.24) is 15.3 Å². The van der Waals surface area contributed by atoms with E-state index < -0.39 is 0 Å². The lowest BCUT2D eigenvalue weighted by molar-refractivity contribution is 0.117. The van der Waals surface area contributed by atoms with E-state index in [1.807, 2.05) is 25.1 Å². The third-order valence-electron chi connectivity index (χ3n) is 3.50. The Labute approximate surface area is 134 Å². The van der Waals surface area contributed by atoms with Gasteiger partial charge in [0.25, 0.3) is 0 Å². The normalized spacial score (nSPS) is 11.0. The van der Waals surface area contributed by atoms with Gasteiger partial charge in [0.15, 0.2) is 5.82 Å². The summed E-state index contributed by atoms with van der Waals surface area (Å²) in [7, 11) is 0. The van der Waals surface area contributed by atoms with Gasteiger partial charge in [0.05, 0.1) is 12.3 Å². The molecular weight excluding hydrogens is 294 g/mol. The fourth-order valence-corrected chi connectivity index (χ4v) is 2.21. The zero-order chi connectivity index (χ0) is 15.9. The summed E-state index contributed by atoms with van der Waals surface area (Å²) in [6, 6.07) is 10.1. The van der Waals surface area contributed by atoms with E-state index in [0.29, 0.717) is 37.8 Å². The van der Waals surface area contributed by atoms with Crippen molar-refractivity contribution in [3.63, 3.8) is 0 Å². The van der Waals surface area contributed by atoms with E-state index in [1.165, 1.54) is 5.56 Å². The van der Waals surface area contributed by atoms with Gasteiger partial charge in [-0.3, -0.25) is 0 Å². The Balaban J connectivity index is 1.38. The smallest absolute Gasteiger partial charge is 0.226 e. The monoisotopic (exact) mass is 313 g/mol. The molecule has 120 valence electrons. The number of hydrogen-bond acceptors (Lipinski definition) is 6. The van der Waals surface area contributed by atoms with Crippen molar-refractivity contribution in [2.45, 2.75) is 32.8 Å². The lowest BCUT2D eigenvalue weighted by Gasteiger charge is -2.02. The largest absolute Gasteiger partial charge is 0.377 e. The molecule has 6 heteroatoms. The Bertz CT molecular complexity index is 722. The average Bonchev–Trinajstić information content (AvgIpc) is 3.18. The van der Waals surface area contributed by atoms with E-state index in [1.54, 1.807) is 6.26 Å². The maximum absolute atomic E-state index is 5.64. The summed E-state index contributed by atoms with van der Waals surface area (Å²) in [6.45, 7) is 3.18. The van der Waals surface area contributed by atoms with Crippen LogP contribution in [0.15, 0.2) is 45.6 Å². The molecule has 0 N–H and O–H groups in total. The number of benzene rings is 1. The van der Waals surface area contributed by atoms with Crippen molar-refractivity contribution >= 4 is 0 Å². The second-order valence-electron chi connectivity index (χ2n) is 5.35. The number of rotatable bonds is 8. The quantitative estimate of drug-likeness (QED) is 0.595. The average molecular weight is 313 g/mol. The van der Waals surface area contributed by atoms with Crippen LogP contribution in [0.5, 0.6) is 0 Å². The molecule has 0 fully saturated rings. The zero-order valence-electron chi connectivity index (χ0n) is 13.1. The molecular formula is C17H19N3O3. The van der Waals surface area contributed by atoms with Crippen LogP contribution in [-0.4, -0.2) is 21.9 Å². The number of aryl methyl sites for hydroxylation is 2. The van der Waals surface area contributed by atoms with Gasteiger partial charge in [0, 0.05) is 25.0 Å². The molecule has 2 aromatic heterocycles. The van der Waals surface area contributed by atoms with Gasteiger partial charge in [0.2, 0.25) is 5.89 Å². The van der Waals surface area contributed by atoms with E-state index in [-0.39, 0.29) is 0 Å². The fraction of sp³-hybridized carbons (Fsp3) is 0.353. The maximum Gasteiger partial charge on any atom is 0.226 e. The molecule has 0 spiro atoms. The molecule has 1 aromatic carbocycles. The van der Waals surface area contributed by atoms with Crippen LogP contribution in [-0.2, 0) is 24.2 Å². The first-order valence-electron chi connectivity index (χ1n) is 7.64. The molecule has 0 aliphatic heterocycles. The summed E-state index contributed by atoms with van der Waals surface area (Å²) in [4.78, 5) is 4.38. The predicted octanol–water partition coefficient (Wildman–Crippen LogP) is 3.11. The molecule has 3 aromatic rings. The zero-order valence-corrected chi connectivity index (χ0v) is 13.1. The number of aromatic nitrogens is 3. The second-order valence-corrected chi connectivity index (χ2v) is 5.35. The van der Waals surface area contributed by atoms with Crippen molar-refractivity contribution in [2.24, 2.45) is 0 Å². The lowest BCUT2D eigenvalue weighted by atomic mass is 10.2. The van der Waals surface area contributed by atoms with Crippen molar-refractivity contribution in [1.29, 1.82) is 0 Å². The van der Waals surface area contributed by atoms with E-state index in [0.717, 1.165) is 17.7 Å². The lowest BCUT2D eigenvalue weighted by Crippen LogP contribution is -1.98. The fourth-order valence-electron chi connectivity index (χ4n) is 2.21. The molecule has 3 rings (SSSR count). The van der Waals surface area contributed by atoms with E-state index in [2.05, 4.69) is 27.4 Å². The Morgan fingerprint density at radius 1 is 1.13 bits per heavy atom. The number of ether oxygens (including phenoxy) is 1. The molecule has 0 amide bonds. The van der Waals surface area contributed by atoms with Crippen LogP contribution in [0.1, 0.15) is 35.0 Å². The van der Waals surface area contributed by atoms with Crippen LogP contribution in [0.2, 0.25) is 0 Å². The summed E-state index contributed by atoms with van der Waals surface area (Å²) in [5, 5.41) is 7.82. The van der Waals surface area contributed by atoms with Gasteiger partial charge in [-0.2, -0.15) is 4.98 Å². The Morgan fingerprint density at radius 3 is 2.78 bits per heavy atom. The highest BCUT2D eigenvalue weighted by atomic mass is 16.5. The molecule has 2 heterocycles. The van der Waals surface area contributed by atoms with Crippen LogP contribution < -0.4 is 0 Å². The summed E-state index contributed by atoms with van der Waals surface area (Å²) in [5.41, 5.74) is 3.01. The number of nitrogens with zero attached hydrogens (tertiary/aromatic N) is 3. The van der Waals surface area contributed by atoms with Gasteiger partial charge >= 0.3 is 0 Å². The minimum atomic E-state index is 0.573. The molecule has 0 atom stereocenters. The molecule has 0 saturated carbocycles. The van der Waals surface area contributed by atoms with Gasteiger partial charge < -0.3 is 13.8 Å². The van der Waals surface area contributed by atoms with E-state index >= 15 is 0 Å². The minimum Gasteiger partial charge on any atom is -0.377 e.